The fraction of sp³-hybridized carbons (Fsp3) is 0.458. The summed E-state index contributed by atoms with van der Waals surface area (Å²) < 4.78 is 45.4. The third-order valence-electron chi connectivity index (χ3n) is 6.97. The molecule has 2 aromatic carbocycles. The second-order valence-corrected chi connectivity index (χ2v) is 9.34. The average molecular weight is 467 g/mol. The van der Waals surface area contributed by atoms with E-state index in [-0.39, 0.29) is 23.7 Å². The molecule has 2 aliphatic heterocycles. The molecule has 2 aliphatic rings. The molecule has 0 aliphatic carbocycles. The number of piperidine rings is 1. The van der Waals surface area contributed by atoms with Gasteiger partial charge in [-0.15, -0.1) is 11.8 Å². The molecule has 32 heavy (non-hydrogen) atoms. The topological polar surface area (TPSA) is 41.6 Å². The molecule has 1 amide bonds. The van der Waals surface area contributed by atoms with Gasteiger partial charge in [0.1, 0.15) is 5.75 Å². The molecule has 0 aromatic heterocycles. The van der Waals surface area contributed by atoms with E-state index in [1.807, 2.05) is 30.3 Å². The molecule has 2 heterocycles. The Labute approximate surface area is 192 Å². The van der Waals surface area contributed by atoms with Gasteiger partial charge in [0, 0.05) is 18.4 Å². The van der Waals surface area contributed by atoms with Gasteiger partial charge in [-0.25, -0.2) is 0 Å². The molecule has 8 heteroatoms. The highest BCUT2D eigenvalue weighted by atomic mass is 32.2. The normalized spacial score (nSPS) is 25.6. The van der Waals surface area contributed by atoms with Gasteiger partial charge in [0.2, 0.25) is 0 Å². The molecule has 0 spiro atoms. The molecular weight excluding hydrogens is 437 g/mol. The van der Waals surface area contributed by atoms with E-state index in [1.54, 1.807) is 6.26 Å². The number of carbonyl (C=O) groups is 1. The van der Waals surface area contributed by atoms with E-state index in [4.69, 9.17) is 4.74 Å². The SMILES string of the molecule is COc1cc(C(F)(F)F)cc(SC)c1C(=O)N[C@@]1(c2ccccc2)CC[C@@H]2CC[C@H]1N2C.[HH]. The minimum atomic E-state index is -4.52. The molecule has 2 fully saturated rings. The number of thioether (sulfide) groups is 1. The number of halogens is 3. The second-order valence-electron chi connectivity index (χ2n) is 8.50. The Morgan fingerprint density at radius 1 is 1.22 bits per heavy atom. The van der Waals surface area contributed by atoms with E-state index in [0.717, 1.165) is 55.1 Å². The molecule has 2 saturated heterocycles. The van der Waals surface area contributed by atoms with Crippen molar-refractivity contribution < 1.29 is 24.1 Å². The molecule has 0 radical (unpaired) electrons. The molecule has 174 valence electrons. The quantitative estimate of drug-likeness (QED) is 0.586. The van der Waals surface area contributed by atoms with Crippen molar-refractivity contribution in [3.8, 4) is 5.75 Å². The Hall–Kier alpha value is -2.19. The summed E-state index contributed by atoms with van der Waals surface area (Å²) in [5.41, 5.74) is -0.291. The first-order valence-electron chi connectivity index (χ1n) is 10.6. The van der Waals surface area contributed by atoms with Crippen molar-refractivity contribution in [2.24, 2.45) is 0 Å². The Morgan fingerprint density at radius 2 is 1.94 bits per heavy atom. The first-order valence-corrected chi connectivity index (χ1v) is 11.9. The lowest BCUT2D eigenvalue weighted by molar-refractivity contribution is -0.137. The Kier molecular flexibility index (Phi) is 6.20. The van der Waals surface area contributed by atoms with Gasteiger partial charge >= 0.3 is 6.18 Å². The van der Waals surface area contributed by atoms with Crippen LogP contribution < -0.4 is 10.1 Å². The minimum absolute atomic E-state index is 0. The lowest BCUT2D eigenvalue weighted by Crippen LogP contribution is -2.61. The van der Waals surface area contributed by atoms with Crippen LogP contribution >= 0.6 is 11.8 Å². The maximum absolute atomic E-state index is 13.7. The number of amides is 1. The molecular formula is C24H29F3N2O2S. The van der Waals surface area contributed by atoms with E-state index in [0.29, 0.717) is 6.04 Å². The summed E-state index contributed by atoms with van der Waals surface area (Å²) in [6, 6.07) is 12.4. The number of hydrogen-bond donors (Lipinski definition) is 1. The van der Waals surface area contributed by atoms with Crippen molar-refractivity contribution >= 4 is 17.7 Å². The van der Waals surface area contributed by atoms with Crippen LogP contribution in [0, 0.1) is 0 Å². The smallest absolute Gasteiger partial charge is 0.416 e. The number of alkyl halides is 3. The lowest BCUT2D eigenvalue weighted by Gasteiger charge is -2.48. The summed E-state index contributed by atoms with van der Waals surface area (Å²) in [4.78, 5) is 16.3. The van der Waals surface area contributed by atoms with E-state index >= 15 is 0 Å². The molecule has 3 atom stereocenters. The first kappa shape index (κ1) is 23.0. The second kappa shape index (κ2) is 8.63. The number of fused-ring (bicyclic) bond motifs is 2. The zero-order chi connectivity index (χ0) is 23.1. The van der Waals surface area contributed by atoms with Crippen LogP contribution in [0.4, 0.5) is 13.2 Å². The van der Waals surface area contributed by atoms with Gasteiger partial charge in [0.15, 0.2) is 0 Å². The number of carbonyl (C=O) groups excluding carboxylic acids is 1. The van der Waals surface area contributed by atoms with Gasteiger partial charge in [0.05, 0.1) is 23.8 Å². The summed E-state index contributed by atoms with van der Waals surface area (Å²) in [5, 5.41) is 3.28. The van der Waals surface area contributed by atoms with Crippen LogP contribution in [-0.2, 0) is 11.7 Å². The fourth-order valence-corrected chi connectivity index (χ4v) is 6.01. The predicted octanol–water partition coefficient (Wildman–Crippen LogP) is 5.56. The van der Waals surface area contributed by atoms with Crippen molar-refractivity contribution in [2.75, 3.05) is 20.4 Å². The number of likely N-dealkylation sites (N-methyl/N-ethyl adjacent to an activating group) is 1. The van der Waals surface area contributed by atoms with Crippen LogP contribution in [0.15, 0.2) is 47.4 Å². The van der Waals surface area contributed by atoms with Crippen LogP contribution in [-0.4, -0.2) is 43.3 Å². The standard InChI is InChI=1S/C24H27F3N2O2S.H2/c1-29-17-9-10-20(29)23(12-11-17,15-7-5-4-6-8-15)28-22(30)21-18(31-2)13-16(24(25,26)27)14-19(21)32-3;/h4-8,13-14,17,20H,9-12H2,1-3H3,(H,28,30);1H/t17-,20+,23+;/m0./s1. The number of ether oxygens (including phenoxy) is 1. The van der Waals surface area contributed by atoms with Crippen molar-refractivity contribution in [3.63, 3.8) is 0 Å². The summed E-state index contributed by atoms with van der Waals surface area (Å²) in [6.45, 7) is 0. The molecule has 4 nitrogen and oxygen atoms in total. The monoisotopic (exact) mass is 466 g/mol. The summed E-state index contributed by atoms with van der Waals surface area (Å²) in [5.74, 6) is -0.485. The highest BCUT2D eigenvalue weighted by molar-refractivity contribution is 7.98. The van der Waals surface area contributed by atoms with Gasteiger partial charge in [-0.05, 0) is 56.7 Å². The van der Waals surface area contributed by atoms with Crippen LogP contribution in [0.5, 0.6) is 5.75 Å². The van der Waals surface area contributed by atoms with E-state index < -0.39 is 23.2 Å². The highest BCUT2D eigenvalue weighted by Gasteiger charge is 2.52. The number of hydrogen-bond acceptors (Lipinski definition) is 4. The number of nitrogens with zero attached hydrogens (tertiary/aromatic N) is 1. The van der Waals surface area contributed by atoms with Crippen LogP contribution in [0.1, 0.15) is 48.6 Å². The first-order chi connectivity index (χ1) is 15.2. The van der Waals surface area contributed by atoms with Crippen LogP contribution in [0.2, 0.25) is 0 Å². The number of nitrogens with one attached hydrogen (secondary N) is 1. The molecule has 2 bridgehead atoms. The fourth-order valence-electron chi connectivity index (χ4n) is 5.37. The number of rotatable bonds is 5. The van der Waals surface area contributed by atoms with Crippen molar-refractivity contribution in [1.82, 2.24) is 10.2 Å². The number of benzene rings is 2. The van der Waals surface area contributed by atoms with Crippen molar-refractivity contribution in [1.29, 1.82) is 0 Å². The van der Waals surface area contributed by atoms with Crippen LogP contribution in [0.3, 0.4) is 0 Å². The molecule has 0 saturated carbocycles. The van der Waals surface area contributed by atoms with E-state index in [2.05, 4.69) is 17.3 Å². The minimum Gasteiger partial charge on any atom is -0.496 e. The molecule has 2 aromatic rings. The average Bonchev–Trinajstić information content (AvgIpc) is 3.04. The van der Waals surface area contributed by atoms with Gasteiger partial charge < -0.3 is 10.1 Å². The van der Waals surface area contributed by atoms with Gasteiger partial charge in [-0.3, -0.25) is 9.69 Å². The van der Waals surface area contributed by atoms with Crippen LogP contribution in [0.25, 0.3) is 0 Å². The zero-order valence-electron chi connectivity index (χ0n) is 18.3. The predicted molar refractivity (Wildman–Crippen MR) is 121 cm³/mol. The van der Waals surface area contributed by atoms with E-state index in [9.17, 15) is 18.0 Å². The van der Waals surface area contributed by atoms with Gasteiger partial charge in [-0.2, -0.15) is 13.2 Å². The Balaban J connectivity index is 0.00000306. The summed E-state index contributed by atoms with van der Waals surface area (Å²) >= 11 is 1.10. The summed E-state index contributed by atoms with van der Waals surface area (Å²) in [7, 11) is 3.39. The van der Waals surface area contributed by atoms with Gasteiger partial charge in [0.25, 0.3) is 5.91 Å². The van der Waals surface area contributed by atoms with Crippen molar-refractivity contribution in [3.05, 3.63) is 59.2 Å². The molecule has 1 N–H and O–H groups in total. The van der Waals surface area contributed by atoms with Gasteiger partial charge in [-0.1, -0.05) is 30.3 Å². The maximum Gasteiger partial charge on any atom is 0.416 e. The zero-order valence-corrected chi connectivity index (χ0v) is 19.1. The molecule has 0 unspecified atom stereocenters. The highest BCUT2D eigenvalue weighted by Crippen LogP contribution is 2.47. The third kappa shape index (κ3) is 3.88. The number of methoxy groups -OCH3 is 1. The Morgan fingerprint density at radius 3 is 2.56 bits per heavy atom. The summed E-state index contributed by atoms with van der Waals surface area (Å²) in [6.07, 6.45) is 0.889. The maximum atomic E-state index is 13.7. The molecule has 4 rings (SSSR count). The third-order valence-corrected chi connectivity index (χ3v) is 7.73. The Bertz CT molecular complexity index is 980. The largest absolute Gasteiger partial charge is 0.496 e. The lowest BCUT2D eigenvalue weighted by atomic mass is 9.76. The van der Waals surface area contributed by atoms with E-state index in [1.165, 1.54) is 7.11 Å². The van der Waals surface area contributed by atoms with Crippen molar-refractivity contribution in [2.45, 2.75) is 54.4 Å².